The first-order chi connectivity index (χ1) is 20.6. The van der Waals surface area contributed by atoms with Gasteiger partial charge in [-0.05, 0) is 54.8 Å². The Morgan fingerprint density at radius 3 is 2.28 bits per heavy atom. The number of hydrogen-bond acceptors (Lipinski definition) is 6. The van der Waals surface area contributed by atoms with E-state index in [0.717, 1.165) is 17.1 Å². The van der Waals surface area contributed by atoms with Gasteiger partial charge < -0.3 is 19.7 Å². The molecule has 0 aliphatic heterocycles. The fraction of sp³-hybridized carbons (Fsp3) is 0.355. The SMILES string of the molecule is CCCCNC(=O)C(CC)N(Cc1ccc(Cl)cc1Cl)C(=O)CN(c1cc(OC)ccc1OC)S(=O)(=O)c1ccccc1. The number of benzene rings is 3. The minimum atomic E-state index is -4.29. The maximum atomic E-state index is 14.3. The summed E-state index contributed by atoms with van der Waals surface area (Å²) in [5.74, 6) is -0.383. The van der Waals surface area contributed by atoms with Crippen LogP contribution in [0.15, 0.2) is 71.6 Å². The van der Waals surface area contributed by atoms with E-state index in [1.807, 2.05) is 6.92 Å². The first kappa shape index (κ1) is 34.0. The molecule has 2 amide bonds. The molecule has 43 heavy (non-hydrogen) atoms. The van der Waals surface area contributed by atoms with Crippen molar-refractivity contribution in [3.05, 3.63) is 82.3 Å². The molecular weight excluding hydrogens is 613 g/mol. The van der Waals surface area contributed by atoms with E-state index in [0.29, 0.717) is 27.9 Å². The van der Waals surface area contributed by atoms with Crippen molar-refractivity contribution in [1.82, 2.24) is 10.2 Å². The molecule has 1 unspecified atom stereocenters. The number of methoxy groups -OCH3 is 2. The van der Waals surface area contributed by atoms with Crippen LogP contribution in [0.5, 0.6) is 11.5 Å². The molecule has 9 nitrogen and oxygen atoms in total. The van der Waals surface area contributed by atoms with Crippen LogP contribution in [0.25, 0.3) is 0 Å². The Bertz CT molecular complexity index is 1500. The fourth-order valence-electron chi connectivity index (χ4n) is 4.48. The van der Waals surface area contributed by atoms with Gasteiger partial charge in [-0.2, -0.15) is 0 Å². The summed E-state index contributed by atoms with van der Waals surface area (Å²) in [6, 6.07) is 16.4. The summed E-state index contributed by atoms with van der Waals surface area (Å²) in [7, 11) is -1.43. The van der Waals surface area contributed by atoms with E-state index >= 15 is 0 Å². The van der Waals surface area contributed by atoms with Gasteiger partial charge in [-0.25, -0.2) is 8.42 Å². The minimum absolute atomic E-state index is 0.0238. The smallest absolute Gasteiger partial charge is 0.264 e. The minimum Gasteiger partial charge on any atom is -0.497 e. The molecule has 0 saturated carbocycles. The van der Waals surface area contributed by atoms with Gasteiger partial charge in [-0.1, -0.05) is 67.7 Å². The molecule has 1 N–H and O–H groups in total. The number of carbonyl (C=O) groups excluding carboxylic acids is 2. The maximum absolute atomic E-state index is 14.3. The van der Waals surface area contributed by atoms with Crippen molar-refractivity contribution in [2.24, 2.45) is 0 Å². The van der Waals surface area contributed by atoms with Gasteiger partial charge in [0.25, 0.3) is 10.0 Å². The van der Waals surface area contributed by atoms with E-state index in [-0.39, 0.29) is 35.2 Å². The number of anilines is 1. The van der Waals surface area contributed by atoms with Gasteiger partial charge in [0.05, 0.1) is 24.8 Å². The number of ether oxygens (including phenoxy) is 2. The third-order valence-corrected chi connectivity index (χ3v) is 9.20. The van der Waals surface area contributed by atoms with Gasteiger partial charge in [0, 0.05) is 29.2 Å². The molecule has 1 atom stereocenters. The Hall–Kier alpha value is -3.47. The second-order valence-corrected chi connectivity index (χ2v) is 12.4. The number of hydrogen-bond donors (Lipinski definition) is 1. The van der Waals surface area contributed by atoms with E-state index in [1.54, 1.807) is 55.5 Å². The Labute approximate surface area is 263 Å². The van der Waals surface area contributed by atoms with E-state index in [9.17, 15) is 18.0 Å². The zero-order chi connectivity index (χ0) is 31.6. The summed E-state index contributed by atoms with van der Waals surface area (Å²) >= 11 is 12.6. The zero-order valence-electron chi connectivity index (χ0n) is 24.7. The second kappa shape index (κ2) is 15.8. The lowest BCUT2D eigenvalue weighted by atomic mass is 10.1. The molecule has 0 aromatic heterocycles. The number of halogens is 2. The molecule has 3 rings (SSSR count). The fourth-order valence-corrected chi connectivity index (χ4v) is 6.39. The van der Waals surface area contributed by atoms with Crippen LogP contribution in [0.1, 0.15) is 38.7 Å². The number of unbranched alkanes of at least 4 members (excludes halogenated alkanes) is 1. The normalized spacial score (nSPS) is 11.9. The first-order valence-corrected chi connectivity index (χ1v) is 16.1. The third kappa shape index (κ3) is 8.55. The number of amides is 2. The highest BCUT2D eigenvalue weighted by Gasteiger charge is 2.35. The number of sulfonamides is 1. The molecule has 0 saturated heterocycles. The van der Waals surface area contributed by atoms with Crippen molar-refractivity contribution >= 4 is 50.7 Å². The van der Waals surface area contributed by atoms with E-state index in [4.69, 9.17) is 32.7 Å². The Balaban J connectivity index is 2.13. The average molecular weight is 651 g/mol. The van der Waals surface area contributed by atoms with Crippen molar-refractivity contribution in [3.8, 4) is 11.5 Å². The molecule has 0 bridgehead atoms. The summed E-state index contributed by atoms with van der Waals surface area (Å²) in [5.41, 5.74) is 0.652. The molecular formula is C31H37Cl2N3O6S. The zero-order valence-corrected chi connectivity index (χ0v) is 27.0. The third-order valence-electron chi connectivity index (χ3n) is 6.84. The van der Waals surface area contributed by atoms with Crippen LogP contribution in [-0.2, 0) is 26.2 Å². The van der Waals surface area contributed by atoms with Crippen LogP contribution in [0.4, 0.5) is 5.69 Å². The van der Waals surface area contributed by atoms with Crippen molar-refractivity contribution < 1.29 is 27.5 Å². The lowest BCUT2D eigenvalue weighted by molar-refractivity contribution is -0.140. The molecule has 0 spiro atoms. The van der Waals surface area contributed by atoms with E-state index in [1.165, 1.54) is 37.3 Å². The highest BCUT2D eigenvalue weighted by atomic mass is 35.5. The second-order valence-electron chi connectivity index (χ2n) is 9.69. The lowest BCUT2D eigenvalue weighted by Crippen LogP contribution is -2.52. The Morgan fingerprint density at radius 1 is 0.953 bits per heavy atom. The van der Waals surface area contributed by atoms with Crippen LogP contribution in [-0.4, -0.2) is 58.5 Å². The summed E-state index contributed by atoms with van der Waals surface area (Å²) in [6.45, 7) is 3.56. The average Bonchev–Trinajstić information content (AvgIpc) is 3.00. The van der Waals surface area contributed by atoms with Gasteiger partial charge in [-0.3, -0.25) is 13.9 Å². The van der Waals surface area contributed by atoms with E-state index < -0.39 is 28.5 Å². The molecule has 0 radical (unpaired) electrons. The van der Waals surface area contributed by atoms with Crippen molar-refractivity contribution in [1.29, 1.82) is 0 Å². The number of nitrogens with one attached hydrogen (secondary N) is 1. The van der Waals surface area contributed by atoms with Crippen LogP contribution in [0.2, 0.25) is 10.0 Å². The largest absolute Gasteiger partial charge is 0.497 e. The summed E-state index contributed by atoms with van der Waals surface area (Å²) in [6.07, 6.45) is 1.94. The van der Waals surface area contributed by atoms with Crippen molar-refractivity contribution in [2.75, 3.05) is 31.6 Å². The molecule has 0 aliphatic rings. The molecule has 3 aromatic rings. The highest BCUT2D eigenvalue weighted by Crippen LogP contribution is 2.36. The monoisotopic (exact) mass is 649 g/mol. The molecule has 0 aliphatic carbocycles. The van der Waals surface area contributed by atoms with Gasteiger partial charge >= 0.3 is 0 Å². The maximum Gasteiger partial charge on any atom is 0.264 e. The van der Waals surface area contributed by atoms with E-state index in [2.05, 4.69) is 5.32 Å². The Morgan fingerprint density at radius 2 is 1.67 bits per heavy atom. The van der Waals surface area contributed by atoms with Gasteiger partial charge in [0.15, 0.2) is 0 Å². The molecule has 3 aromatic carbocycles. The number of carbonyl (C=O) groups is 2. The molecule has 12 heteroatoms. The number of rotatable bonds is 15. The predicted molar refractivity (Wildman–Crippen MR) is 170 cm³/mol. The van der Waals surface area contributed by atoms with Crippen molar-refractivity contribution in [2.45, 2.75) is 50.6 Å². The van der Waals surface area contributed by atoms with Crippen LogP contribution in [0, 0.1) is 0 Å². The van der Waals surface area contributed by atoms with Crippen LogP contribution >= 0.6 is 23.2 Å². The summed E-state index contributed by atoms with van der Waals surface area (Å²) in [4.78, 5) is 29.0. The van der Waals surface area contributed by atoms with Crippen LogP contribution in [0.3, 0.4) is 0 Å². The number of nitrogens with zero attached hydrogens (tertiary/aromatic N) is 2. The standard InChI is InChI=1S/C31H37Cl2N3O6S/c1-5-7-17-34-31(38)27(6-2)35(20-22-13-14-23(32)18-26(22)33)30(37)21-36(43(39,40)25-11-9-8-10-12-25)28-19-24(41-3)15-16-29(28)42-4/h8-16,18-19,27H,5-7,17,20-21H2,1-4H3,(H,34,38). The van der Waals surface area contributed by atoms with Crippen molar-refractivity contribution in [3.63, 3.8) is 0 Å². The Kier molecular flexibility index (Phi) is 12.5. The quantitative estimate of drug-likeness (QED) is 0.205. The predicted octanol–water partition coefficient (Wildman–Crippen LogP) is 5.93. The summed E-state index contributed by atoms with van der Waals surface area (Å²) in [5, 5.41) is 3.63. The lowest BCUT2D eigenvalue weighted by Gasteiger charge is -2.33. The topological polar surface area (TPSA) is 105 Å². The summed E-state index contributed by atoms with van der Waals surface area (Å²) < 4.78 is 40.0. The highest BCUT2D eigenvalue weighted by molar-refractivity contribution is 7.92. The molecule has 0 heterocycles. The molecule has 232 valence electrons. The first-order valence-electron chi connectivity index (χ1n) is 13.9. The van der Waals surface area contributed by atoms with Gasteiger partial charge in [0.1, 0.15) is 24.1 Å². The van der Waals surface area contributed by atoms with Gasteiger partial charge in [-0.15, -0.1) is 0 Å². The molecule has 0 fully saturated rings. The van der Waals surface area contributed by atoms with Gasteiger partial charge in [0.2, 0.25) is 11.8 Å². The van der Waals surface area contributed by atoms with Crippen LogP contribution < -0.4 is 19.1 Å².